The fraction of sp³-hybridized carbons (Fsp3) is 0.300. The van der Waals surface area contributed by atoms with E-state index in [0.717, 1.165) is 35.1 Å². The highest BCUT2D eigenvalue weighted by Gasteiger charge is 2.45. The molecular formula is C30H33ClN4O2. The topological polar surface area (TPSA) is 79.0 Å². The van der Waals surface area contributed by atoms with Crippen molar-refractivity contribution in [2.75, 3.05) is 13.1 Å². The van der Waals surface area contributed by atoms with Gasteiger partial charge >= 0.3 is 0 Å². The lowest BCUT2D eigenvalue weighted by Gasteiger charge is -2.24. The normalized spacial score (nSPS) is 17.1. The Kier molecular flexibility index (Phi) is 7.98. The lowest BCUT2D eigenvalue weighted by Crippen LogP contribution is -2.41. The van der Waals surface area contributed by atoms with Crippen LogP contribution < -0.4 is 5.73 Å². The lowest BCUT2D eigenvalue weighted by molar-refractivity contribution is -0.131. The zero-order valence-electron chi connectivity index (χ0n) is 21.6. The summed E-state index contributed by atoms with van der Waals surface area (Å²) in [6.45, 7) is 7.58. The first-order valence-electron chi connectivity index (χ1n) is 12.7. The molecule has 2 amide bonds. The second-order valence-corrected chi connectivity index (χ2v) is 9.95. The molecule has 1 atom stereocenters. The van der Waals surface area contributed by atoms with E-state index < -0.39 is 5.54 Å². The van der Waals surface area contributed by atoms with Gasteiger partial charge in [-0.3, -0.25) is 14.5 Å². The number of carbonyl (C=O) groups excluding carboxylic acids is 2. The molecule has 1 heterocycles. The van der Waals surface area contributed by atoms with Crippen LogP contribution in [0.4, 0.5) is 0 Å². The van der Waals surface area contributed by atoms with Gasteiger partial charge in [0.1, 0.15) is 0 Å². The first-order chi connectivity index (χ1) is 17.8. The van der Waals surface area contributed by atoms with Gasteiger partial charge in [0.15, 0.2) is 11.5 Å². The molecule has 0 spiro atoms. The fourth-order valence-corrected chi connectivity index (χ4v) is 4.93. The summed E-state index contributed by atoms with van der Waals surface area (Å²) in [5.74, 6) is -0.0397. The van der Waals surface area contributed by atoms with E-state index in [4.69, 9.17) is 17.3 Å². The zero-order valence-corrected chi connectivity index (χ0v) is 22.3. The monoisotopic (exact) mass is 516 g/mol. The zero-order chi connectivity index (χ0) is 26.6. The molecule has 1 aliphatic rings. The van der Waals surface area contributed by atoms with Crippen molar-refractivity contribution in [1.82, 2.24) is 9.80 Å². The van der Waals surface area contributed by atoms with Crippen LogP contribution in [0.15, 0.2) is 77.8 Å². The molecule has 37 heavy (non-hydrogen) atoms. The molecule has 4 rings (SSSR count). The number of hydrogen-bond donors (Lipinski definition) is 1. The van der Waals surface area contributed by atoms with Crippen LogP contribution in [0.2, 0.25) is 5.02 Å². The Hall–Kier alpha value is -3.64. The summed E-state index contributed by atoms with van der Waals surface area (Å²) in [6.07, 6.45) is 1.80. The fourth-order valence-electron chi connectivity index (χ4n) is 4.74. The molecule has 0 saturated heterocycles. The number of guanidine groups is 1. The summed E-state index contributed by atoms with van der Waals surface area (Å²) >= 11 is 6.18. The molecule has 7 heteroatoms. The molecule has 0 saturated carbocycles. The maximum absolute atomic E-state index is 13.7. The van der Waals surface area contributed by atoms with Crippen LogP contribution in [0.3, 0.4) is 0 Å². The van der Waals surface area contributed by atoms with Crippen LogP contribution >= 0.6 is 11.6 Å². The first-order valence-corrected chi connectivity index (χ1v) is 13.1. The molecule has 1 unspecified atom stereocenters. The minimum Gasteiger partial charge on any atom is -0.369 e. The molecule has 0 bridgehead atoms. The predicted molar refractivity (Wildman–Crippen MR) is 149 cm³/mol. The van der Waals surface area contributed by atoms with Crippen molar-refractivity contribution in [2.24, 2.45) is 10.7 Å². The van der Waals surface area contributed by atoms with Crippen LogP contribution in [-0.2, 0) is 16.9 Å². The minimum absolute atomic E-state index is 0.00241. The molecule has 0 radical (unpaired) electrons. The number of benzene rings is 3. The SMILES string of the molecule is CCCN(CCC)C(=O)c1cccc(CN2C(=O)C(C)(c3cccc(-c4cccc(Cl)c4)c3)N=C2N)c1. The quantitative estimate of drug-likeness (QED) is 0.388. The third-order valence-corrected chi connectivity index (χ3v) is 6.88. The van der Waals surface area contributed by atoms with Crippen LogP contribution in [0.1, 0.15) is 55.1 Å². The van der Waals surface area contributed by atoms with Crippen LogP contribution in [0.25, 0.3) is 11.1 Å². The van der Waals surface area contributed by atoms with Gasteiger partial charge in [-0.1, -0.05) is 67.9 Å². The number of hydrogen-bond acceptors (Lipinski definition) is 4. The highest BCUT2D eigenvalue weighted by atomic mass is 35.5. The van der Waals surface area contributed by atoms with Gasteiger partial charge < -0.3 is 10.6 Å². The second kappa shape index (κ2) is 11.2. The van der Waals surface area contributed by atoms with E-state index in [-0.39, 0.29) is 24.3 Å². The molecule has 1 aliphatic heterocycles. The molecule has 2 N–H and O–H groups in total. The van der Waals surface area contributed by atoms with Gasteiger partial charge in [-0.05, 0) is 72.4 Å². The third kappa shape index (κ3) is 5.54. The minimum atomic E-state index is -1.15. The summed E-state index contributed by atoms with van der Waals surface area (Å²) in [6, 6.07) is 22.7. The van der Waals surface area contributed by atoms with Gasteiger partial charge in [-0.25, -0.2) is 4.99 Å². The molecule has 0 fully saturated rings. The maximum atomic E-state index is 13.7. The standard InChI is InChI=1S/C30H33ClN4O2/c1-4-15-34(16-5-2)27(36)24-12-6-9-21(17-24)20-35-28(37)30(3,33-29(35)32)25-13-7-10-22(18-25)23-11-8-14-26(31)19-23/h6-14,17-19H,4-5,15-16,20H2,1-3H3,(H2,32,33). The van der Waals surface area contributed by atoms with Crippen LogP contribution in [0, 0.1) is 0 Å². The average Bonchev–Trinajstić information content (AvgIpc) is 3.12. The maximum Gasteiger partial charge on any atom is 0.261 e. The predicted octanol–water partition coefficient (Wildman–Crippen LogP) is 5.84. The van der Waals surface area contributed by atoms with E-state index in [9.17, 15) is 9.59 Å². The molecule has 3 aromatic carbocycles. The Balaban J connectivity index is 1.57. The smallest absolute Gasteiger partial charge is 0.261 e. The second-order valence-electron chi connectivity index (χ2n) is 9.52. The largest absolute Gasteiger partial charge is 0.369 e. The molecule has 0 aromatic heterocycles. The third-order valence-electron chi connectivity index (χ3n) is 6.65. The van der Waals surface area contributed by atoms with Gasteiger partial charge in [0, 0.05) is 23.7 Å². The van der Waals surface area contributed by atoms with Gasteiger partial charge in [0.05, 0.1) is 6.54 Å². The first kappa shape index (κ1) is 26.4. The Bertz CT molecular complexity index is 1330. The number of halogens is 1. The summed E-state index contributed by atoms with van der Waals surface area (Å²) in [7, 11) is 0. The van der Waals surface area contributed by atoms with Crippen molar-refractivity contribution < 1.29 is 9.59 Å². The summed E-state index contributed by atoms with van der Waals surface area (Å²) in [4.78, 5) is 34.7. The van der Waals surface area contributed by atoms with Crippen molar-refractivity contribution in [1.29, 1.82) is 0 Å². The molecular weight excluding hydrogens is 484 g/mol. The van der Waals surface area contributed by atoms with Gasteiger partial charge in [0.25, 0.3) is 11.8 Å². The van der Waals surface area contributed by atoms with Crippen LogP contribution in [-0.4, -0.2) is 40.7 Å². The average molecular weight is 517 g/mol. The van der Waals surface area contributed by atoms with E-state index in [0.29, 0.717) is 23.7 Å². The highest BCUT2D eigenvalue weighted by Crippen LogP contribution is 2.35. The Labute approximate surface area is 223 Å². The van der Waals surface area contributed by atoms with E-state index in [1.54, 1.807) is 6.92 Å². The van der Waals surface area contributed by atoms with Crippen molar-refractivity contribution in [3.8, 4) is 11.1 Å². The number of carbonyl (C=O) groups is 2. The van der Waals surface area contributed by atoms with E-state index in [1.807, 2.05) is 77.7 Å². The number of aliphatic imine (C=N–C) groups is 1. The molecule has 6 nitrogen and oxygen atoms in total. The van der Waals surface area contributed by atoms with Gasteiger partial charge in [0.2, 0.25) is 0 Å². The van der Waals surface area contributed by atoms with Crippen LogP contribution in [0.5, 0.6) is 0 Å². The van der Waals surface area contributed by atoms with Crippen molar-refractivity contribution in [2.45, 2.75) is 45.7 Å². The Morgan fingerprint density at radius 3 is 2.30 bits per heavy atom. The van der Waals surface area contributed by atoms with Gasteiger partial charge in [-0.15, -0.1) is 0 Å². The molecule has 192 valence electrons. The van der Waals surface area contributed by atoms with Gasteiger partial charge in [-0.2, -0.15) is 0 Å². The van der Waals surface area contributed by atoms with E-state index >= 15 is 0 Å². The number of nitrogens with zero attached hydrogens (tertiary/aromatic N) is 3. The Morgan fingerprint density at radius 1 is 0.973 bits per heavy atom. The van der Waals surface area contributed by atoms with E-state index in [1.165, 1.54) is 4.90 Å². The van der Waals surface area contributed by atoms with Crippen molar-refractivity contribution in [3.05, 3.63) is 94.5 Å². The summed E-state index contributed by atoms with van der Waals surface area (Å²) < 4.78 is 0. The van der Waals surface area contributed by atoms with E-state index in [2.05, 4.69) is 18.8 Å². The highest BCUT2D eigenvalue weighted by molar-refractivity contribution is 6.30. The van der Waals surface area contributed by atoms with Crippen molar-refractivity contribution >= 4 is 29.4 Å². The summed E-state index contributed by atoms with van der Waals surface area (Å²) in [5, 5.41) is 0.646. The Morgan fingerprint density at radius 2 is 1.62 bits per heavy atom. The molecule has 0 aliphatic carbocycles. The van der Waals surface area contributed by atoms with Crippen molar-refractivity contribution in [3.63, 3.8) is 0 Å². The number of amides is 2. The number of nitrogens with two attached hydrogens (primary N) is 1. The summed E-state index contributed by atoms with van der Waals surface area (Å²) in [5.41, 5.74) is 9.22. The lowest BCUT2D eigenvalue weighted by atomic mass is 9.89. The number of rotatable bonds is 9. The molecule has 3 aromatic rings.